The van der Waals surface area contributed by atoms with E-state index in [0.717, 1.165) is 71.7 Å². The number of hydrogen-bond acceptors (Lipinski definition) is 5. The van der Waals surface area contributed by atoms with Crippen molar-refractivity contribution in [1.82, 2.24) is 15.0 Å². The molecule has 0 unspecified atom stereocenters. The Bertz CT molecular complexity index is 3100. The summed E-state index contributed by atoms with van der Waals surface area (Å²) in [6.45, 7) is 4.60. The standard InChI is InChI=1S/C48H31N3O2/c1-48(2)38-19-8-6-16-32(38)34-24-25-35-33-23-22-30(27-41(33)53-44(35)43(34)48)29-14-10-15-31(26-29)46-49-45(28-12-4-3-5-13-28)50-47(51-46)37-18-11-21-40-42(37)36-17-7-9-20-39(36)52-40/h3-27H,1-2H3. The predicted octanol–water partition coefficient (Wildman–Crippen LogP) is 12.6. The molecule has 0 spiro atoms. The number of hydrogen-bond donors (Lipinski definition) is 0. The molecule has 0 radical (unpaired) electrons. The van der Waals surface area contributed by atoms with Crippen molar-refractivity contribution in [2.24, 2.45) is 0 Å². The Morgan fingerprint density at radius 1 is 0.415 bits per heavy atom. The van der Waals surface area contributed by atoms with E-state index in [-0.39, 0.29) is 5.41 Å². The molecule has 3 heterocycles. The highest BCUT2D eigenvalue weighted by Crippen LogP contribution is 2.52. The number of para-hydroxylation sites is 1. The van der Waals surface area contributed by atoms with Crippen LogP contribution >= 0.6 is 0 Å². The van der Waals surface area contributed by atoms with Crippen molar-refractivity contribution in [2.75, 3.05) is 0 Å². The van der Waals surface area contributed by atoms with Gasteiger partial charge in [0.15, 0.2) is 17.5 Å². The first-order valence-corrected chi connectivity index (χ1v) is 17.9. The number of benzene rings is 7. The fourth-order valence-electron chi connectivity index (χ4n) is 8.40. The molecular formula is C48H31N3O2. The largest absolute Gasteiger partial charge is 0.456 e. The SMILES string of the molecule is CC1(C)c2ccccc2-c2ccc3c(oc4cc(-c5cccc(-c6nc(-c7ccccc7)nc(-c7cccc8oc9ccccc9c78)n6)c5)ccc43)c21. The van der Waals surface area contributed by atoms with E-state index in [1.807, 2.05) is 60.7 Å². The van der Waals surface area contributed by atoms with Crippen LogP contribution in [0.15, 0.2) is 160 Å². The van der Waals surface area contributed by atoms with Crippen LogP contribution in [0.5, 0.6) is 0 Å². The second-order valence-corrected chi connectivity index (χ2v) is 14.4. The molecular weight excluding hydrogens is 651 g/mol. The molecule has 1 aliphatic carbocycles. The first-order valence-electron chi connectivity index (χ1n) is 17.9. The minimum atomic E-state index is -0.158. The van der Waals surface area contributed by atoms with Crippen molar-refractivity contribution in [3.63, 3.8) is 0 Å². The van der Waals surface area contributed by atoms with Crippen LogP contribution in [0.25, 0.3) is 100 Å². The van der Waals surface area contributed by atoms with Gasteiger partial charge in [-0.3, -0.25) is 0 Å². The minimum absolute atomic E-state index is 0.158. The summed E-state index contributed by atoms with van der Waals surface area (Å²) in [5, 5.41) is 4.28. The van der Waals surface area contributed by atoms with Gasteiger partial charge in [-0.15, -0.1) is 0 Å². The van der Waals surface area contributed by atoms with E-state index in [1.165, 1.54) is 22.3 Å². The van der Waals surface area contributed by atoms with E-state index in [4.69, 9.17) is 23.8 Å². The van der Waals surface area contributed by atoms with Crippen LogP contribution in [0.2, 0.25) is 0 Å². The second kappa shape index (κ2) is 11.1. The quantitative estimate of drug-likeness (QED) is 0.185. The van der Waals surface area contributed by atoms with Gasteiger partial charge in [0.05, 0.1) is 0 Å². The molecule has 1 aliphatic rings. The van der Waals surface area contributed by atoms with Crippen molar-refractivity contribution in [3.8, 4) is 56.4 Å². The van der Waals surface area contributed by atoms with Crippen molar-refractivity contribution in [1.29, 1.82) is 0 Å². The first-order chi connectivity index (χ1) is 26.0. The summed E-state index contributed by atoms with van der Waals surface area (Å²) in [6.07, 6.45) is 0. The molecule has 250 valence electrons. The monoisotopic (exact) mass is 681 g/mol. The van der Waals surface area contributed by atoms with Crippen LogP contribution in [-0.4, -0.2) is 15.0 Å². The van der Waals surface area contributed by atoms with Crippen molar-refractivity contribution < 1.29 is 8.83 Å². The molecule has 5 heteroatoms. The van der Waals surface area contributed by atoms with Crippen LogP contribution in [0.3, 0.4) is 0 Å². The highest BCUT2D eigenvalue weighted by atomic mass is 16.3. The molecule has 0 amide bonds. The third kappa shape index (κ3) is 4.47. The van der Waals surface area contributed by atoms with Gasteiger partial charge >= 0.3 is 0 Å². The minimum Gasteiger partial charge on any atom is -0.456 e. The zero-order valence-corrected chi connectivity index (χ0v) is 29.1. The van der Waals surface area contributed by atoms with E-state index in [0.29, 0.717) is 17.5 Å². The summed E-state index contributed by atoms with van der Waals surface area (Å²) < 4.78 is 13.0. The van der Waals surface area contributed by atoms with E-state index >= 15 is 0 Å². The van der Waals surface area contributed by atoms with Gasteiger partial charge < -0.3 is 8.83 Å². The van der Waals surface area contributed by atoms with Gasteiger partial charge in [-0.2, -0.15) is 0 Å². The molecule has 53 heavy (non-hydrogen) atoms. The molecule has 5 nitrogen and oxygen atoms in total. The summed E-state index contributed by atoms with van der Waals surface area (Å²) in [5.41, 5.74) is 13.3. The Balaban J connectivity index is 1.05. The molecule has 3 aromatic heterocycles. The van der Waals surface area contributed by atoms with Crippen LogP contribution in [0, 0.1) is 0 Å². The van der Waals surface area contributed by atoms with Gasteiger partial charge in [-0.1, -0.05) is 129 Å². The number of rotatable bonds is 4. The summed E-state index contributed by atoms with van der Waals surface area (Å²) in [5.74, 6) is 1.81. The lowest BCUT2D eigenvalue weighted by Crippen LogP contribution is -2.15. The van der Waals surface area contributed by atoms with Gasteiger partial charge in [0.2, 0.25) is 0 Å². The Hall–Kier alpha value is -6.85. The number of furan rings is 2. The lowest BCUT2D eigenvalue weighted by atomic mass is 9.82. The maximum Gasteiger partial charge on any atom is 0.164 e. The Morgan fingerprint density at radius 2 is 1.08 bits per heavy atom. The normalized spacial score (nSPS) is 13.2. The van der Waals surface area contributed by atoms with E-state index in [1.54, 1.807) is 0 Å². The fraction of sp³-hybridized carbons (Fsp3) is 0.0625. The maximum absolute atomic E-state index is 6.79. The summed E-state index contributed by atoms with van der Waals surface area (Å²) in [4.78, 5) is 15.2. The van der Waals surface area contributed by atoms with Crippen LogP contribution in [0.4, 0.5) is 0 Å². The highest BCUT2D eigenvalue weighted by molar-refractivity contribution is 6.12. The lowest BCUT2D eigenvalue weighted by Gasteiger charge is -2.21. The van der Waals surface area contributed by atoms with Gasteiger partial charge in [0, 0.05) is 49.2 Å². The lowest BCUT2D eigenvalue weighted by molar-refractivity contribution is 0.620. The molecule has 0 aliphatic heterocycles. The van der Waals surface area contributed by atoms with E-state index in [2.05, 4.69) is 105 Å². The molecule has 0 fully saturated rings. The summed E-state index contributed by atoms with van der Waals surface area (Å²) in [6, 6.07) is 52.4. The predicted molar refractivity (Wildman–Crippen MR) is 214 cm³/mol. The van der Waals surface area contributed by atoms with Crippen molar-refractivity contribution in [3.05, 3.63) is 163 Å². The zero-order valence-electron chi connectivity index (χ0n) is 29.1. The third-order valence-electron chi connectivity index (χ3n) is 10.9. The van der Waals surface area contributed by atoms with Crippen LogP contribution < -0.4 is 0 Å². The average molecular weight is 682 g/mol. The molecule has 11 rings (SSSR count). The number of nitrogens with zero attached hydrogens (tertiary/aromatic N) is 3. The van der Waals surface area contributed by atoms with Crippen LogP contribution in [-0.2, 0) is 5.41 Å². The molecule has 0 bridgehead atoms. The zero-order chi connectivity index (χ0) is 35.3. The maximum atomic E-state index is 6.79. The van der Waals surface area contributed by atoms with E-state index in [9.17, 15) is 0 Å². The molecule has 0 atom stereocenters. The summed E-state index contributed by atoms with van der Waals surface area (Å²) in [7, 11) is 0. The fourth-order valence-corrected chi connectivity index (χ4v) is 8.40. The van der Waals surface area contributed by atoms with Gasteiger partial charge in [-0.05, 0) is 64.2 Å². The second-order valence-electron chi connectivity index (χ2n) is 14.4. The molecule has 10 aromatic rings. The Labute approximate surface area is 305 Å². The molecule has 7 aromatic carbocycles. The van der Waals surface area contributed by atoms with E-state index < -0.39 is 0 Å². The molecule has 0 saturated carbocycles. The first kappa shape index (κ1) is 29.8. The highest BCUT2D eigenvalue weighted by Gasteiger charge is 2.38. The molecule has 0 saturated heterocycles. The molecule has 0 N–H and O–H groups in total. The Morgan fingerprint density at radius 3 is 1.98 bits per heavy atom. The topological polar surface area (TPSA) is 65.0 Å². The summed E-state index contributed by atoms with van der Waals surface area (Å²) >= 11 is 0. The van der Waals surface area contributed by atoms with Crippen molar-refractivity contribution >= 4 is 43.9 Å². The van der Waals surface area contributed by atoms with Gasteiger partial charge in [-0.25, -0.2) is 15.0 Å². The van der Waals surface area contributed by atoms with Gasteiger partial charge in [0.25, 0.3) is 0 Å². The number of fused-ring (bicyclic) bond motifs is 10. The van der Waals surface area contributed by atoms with Gasteiger partial charge in [0.1, 0.15) is 22.3 Å². The average Bonchev–Trinajstić information content (AvgIpc) is 3.85. The smallest absolute Gasteiger partial charge is 0.164 e. The van der Waals surface area contributed by atoms with Crippen LogP contribution in [0.1, 0.15) is 25.0 Å². The van der Waals surface area contributed by atoms with Crippen molar-refractivity contribution in [2.45, 2.75) is 19.3 Å². The Kier molecular flexibility index (Phi) is 6.23. The number of aromatic nitrogens is 3. The third-order valence-corrected chi connectivity index (χ3v) is 10.9.